The molecule has 2 aliphatic heterocycles. The number of aromatic nitrogens is 2. The van der Waals surface area contributed by atoms with Crippen molar-refractivity contribution in [2.75, 3.05) is 37.6 Å². The third-order valence-corrected chi connectivity index (χ3v) is 7.96. The summed E-state index contributed by atoms with van der Waals surface area (Å²) < 4.78 is 16.2. The van der Waals surface area contributed by atoms with Crippen LogP contribution < -0.4 is 4.90 Å². The van der Waals surface area contributed by atoms with E-state index in [-0.39, 0.29) is 5.82 Å². The molecule has 8 heteroatoms. The molecule has 2 aromatic heterocycles. The lowest BCUT2D eigenvalue weighted by Crippen LogP contribution is -2.58. The van der Waals surface area contributed by atoms with Crippen LogP contribution in [0, 0.1) is 5.82 Å². The molecule has 2 fully saturated rings. The average Bonchev–Trinajstić information content (AvgIpc) is 3.41. The summed E-state index contributed by atoms with van der Waals surface area (Å²) >= 11 is 12.6. The summed E-state index contributed by atoms with van der Waals surface area (Å²) in [5.41, 5.74) is 1.69. The Bertz CT molecular complexity index is 1130. The van der Waals surface area contributed by atoms with E-state index in [1.165, 1.54) is 6.07 Å². The fraction of sp³-hybridized carbons (Fsp3) is 0.444. The van der Waals surface area contributed by atoms with E-state index in [1.807, 2.05) is 41.4 Å². The Morgan fingerprint density at radius 2 is 1.80 bits per heavy atom. The van der Waals surface area contributed by atoms with E-state index in [0.717, 1.165) is 69.1 Å². The number of pyridine rings is 1. The fourth-order valence-corrected chi connectivity index (χ4v) is 5.95. The van der Waals surface area contributed by atoms with Crippen LogP contribution in [0.25, 0.3) is 5.69 Å². The molecule has 5 nitrogen and oxygen atoms in total. The van der Waals surface area contributed by atoms with Gasteiger partial charge < -0.3 is 9.47 Å². The van der Waals surface area contributed by atoms with Crippen molar-refractivity contribution < 1.29 is 4.39 Å². The van der Waals surface area contributed by atoms with E-state index in [2.05, 4.69) is 21.6 Å². The van der Waals surface area contributed by atoms with Crippen molar-refractivity contribution in [3.63, 3.8) is 0 Å². The van der Waals surface area contributed by atoms with Crippen molar-refractivity contribution in [3.8, 4) is 5.69 Å². The standard InChI is InChI=1S/C27H32Cl2FN5/c1-2-22-19-34(27-25(29)16-24(17-31-27)33-9-3-4-10-33)13-14-35(22)23-7-11-32(12-8-23)18-20-5-6-21(28)15-26(20)30/h3-6,9-10,15-17,22-23H,2,7-8,11-14,18-19H2,1H3/t22-/m0/s1. The molecule has 0 spiro atoms. The molecule has 0 N–H and O–H groups in total. The molecule has 2 aliphatic rings. The number of likely N-dealkylation sites (tertiary alicyclic amines) is 1. The number of anilines is 1. The fourth-order valence-electron chi connectivity index (χ4n) is 5.51. The Kier molecular flexibility index (Phi) is 7.63. The van der Waals surface area contributed by atoms with Crippen molar-refractivity contribution in [3.05, 3.63) is 76.4 Å². The van der Waals surface area contributed by atoms with E-state index in [1.54, 1.807) is 12.1 Å². The van der Waals surface area contributed by atoms with Crippen LogP contribution in [0.2, 0.25) is 10.0 Å². The molecule has 0 radical (unpaired) electrons. The molecule has 4 heterocycles. The van der Waals surface area contributed by atoms with Gasteiger partial charge in [-0.1, -0.05) is 36.2 Å². The summed E-state index contributed by atoms with van der Waals surface area (Å²) in [5, 5.41) is 1.14. The zero-order valence-electron chi connectivity index (χ0n) is 20.1. The molecule has 3 aromatic rings. The lowest BCUT2D eigenvalue weighted by Gasteiger charge is -2.47. The maximum atomic E-state index is 14.2. The monoisotopic (exact) mass is 515 g/mol. The Labute approximate surface area is 217 Å². The molecule has 35 heavy (non-hydrogen) atoms. The van der Waals surface area contributed by atoms with Gasteiger partial charge in [0.2, 0.25) is 0 Å². The molecule has 0 amide bonds. The number of piperidine rings is 1. The largest absolute Gasteiger partial charge is 0.353 e. The van der Waals surface area contributed by atoms with Crippen LogP contribution in [0.1, 0.15) is 31.7 Å². The van der Waals surface area contributed by atoms with Crippen molar-refractivity contribution in [1.82, 2.24) is 19.4 Å². The van der Waals surface area contributed by atoms with Gasteiger partial charge in [-0.3, -0.25) is 9.80 Å². The number of piperazine rings is 1. The van der Waals surface area contributed by atoms with Crippen LogP contribution in [0.5, 0.6) is 0 Å². The van der Waals surface area contributed by atoms with E-state index in [9.17, 15) is 4.39 Å². The number of rotatable bonds is 6. The minimum atomic E-state index is -0.213. The predicted molar refractivity (Wildman–Crippen MR) is 141 cm³/mol. The van der Waals surface area contributed by atoms with Crippen LogP contribution in [0.4, 0.5) is 10.2 Å². The zero-order valence-corrected chi connectivity index (χ0v) is 21.6. The number of hydrogen-bond acceptors (Lipinski definition) is 4. The summed E-state index contributed by atoms with van der Waals surface area (Å²) in [4.78, 5) is 12.1. The Hall–Kier alpha value is -2.12. The van der Waals surface area contributed by atoms with Crippen LogP contribution in [-0.4, -0.2) is 64.2 Å². The molecule has 0 aliphatic carbocycles. The second-order valence-electron chi connectivity index (χ2n) is 9.58. The lowest BCUT2D eigenvalue weighted by molar-refractivity contribution is 0.0607. The van der Waals surface area contributed by atoms with Gasteiger partial charge in [-0.25, -0.2) is 9.37 Å². The maximum Gasteiger partial charge on any atom is 0.147 e. The summed E-state index contributed by atoms with van der Waals surface area (Å²) in [5.74, 6) is 0.663. The van der Waals surface area contributed by atoms with E-state index in [0.29, 0.717) is 28.7 Å². The van der Waals surface area contributed by atoms with Crippen molar-refractivity contribution in [1.29, 1.82) is 0 Å². The van der Waals surface area contributed by atoms with Gasteiger partial charge >= 0.3 is 0 Å². The normalized spacial score (nSPS) is 20.5. The smallest absolute Gasteiger partial charge is 0.147 e. The van der Waals surface area contributed by atoms with Gasteiger partial charge in [0.05, 0.1) is 16.9 Å². The highest BCUT2D eigenvalue weighted by molar-refractivity contribution is 6.33. The quantitative estimate of drug-likeness (QED) is 0.409. The highest BCUT2D eigenvalue weighted by atomic mass is 35.5. The molecule has 5 rings (SSSR count). The SMILES string of the molecule is CC[C@H]1CN(c2ncc(-n3cccc3)cc2Cl)CCN1C1CCN(Cc2ccc(Cl)cc2F)CC1. The molecule has 2 saturated heterocycles. The second-order valence-corrected chi connectivity index (χ2v) is 10.4. The first-order valence-electron chi connectivity index (χ1n) is 12.5. The molecule has 0 unspecified atom stereocenters. The molecule has 0 bridgehead atoms. The topological polar surface area (TPSA) is 27.5 Å². The summed E-state index contributed by atoms with van der Waals surface area (Å²) in [6.45, 7) is 7.74. The van der Waals surface area contributed by atoms with Gasteiger partial charge in [0, 0.05) is 61.2 Å². The number of benzene rings is 1. The first kappa shape index (κ1) is 24.6. The zero-order chi connectivity index (χ0) is 24.4. The minimum absolute atomic E-state index is 0.213. The van der Waals surface area contributed by atoms with Gasteiger partial charge in [-0.05, 0) is 62.7 Å². The molecule has 0 saturated carbocycles. The van der Waals surface area contributed by atoms with Gasteiger partial charge in [-0.15, -0.1) is 0 Å². The van der Waals surface area contributed by atoms with Crippen LogP contribution in [-0.2, 0) is 6.54 Å². The summed E-state index contributed by atoms with van der Waals surface area (Å²) in [6, 6.07) is 12.0. The maximum absolute atomic E-state index is 14.2. The molecule has 1 atom stereocenters. The Morgan fingerprint density at radius 1 is 1.03 bits per heavy atom. The average molecular weight is 516 g/mol. The number of hydrogen-bond donors (Lipinski definition) is 0. The minimum Gasteiger partial charge on any atom is -0.353 e. The molecule has 1 aromatic carbocycles. The molecule has 186 valence electrons. The van der Waals surface area contributed by atoms with Crippen molar-refractivity contribution >= 4 is 29.0 Å². The van der Waals surface area contributed by atoms with Crippen LogP contribution in [0.3, 0.4) is 0 Å². The Morgan fingerprint density at radius 3 is 2.49 bits per heavy atom. The van der Waals surface area contributed by atoms with Crippen LogP contribution >= 0.6 is 23.2 Å². The predicted octanol–water partition coefficient (Wildman–Crippen LogP) is 5.88. The van der Waals surface area contributed by atoms with Gasteiger partial charge in [0.25, 0.3) is 0 Å². The second kappa shape index (κ2) is 10.9. The lowest BCUT2D eigenvalue weighted by atomic mass is 9.97. The Balaban J connectivity index is 1.19. The van der Waals surface area contributed by atoms with Gasteiger partial charge in [-0.2, -0.15) is 0 Å². The van der Waals surface area contributed by atoms with Gasteiger partial charge in [0.15, 0.2) is 0 Å². The van der Waals surface area contributed by atoms with Crippen LogP contribution in [0.15, 0.2) is 55.0 Å². The third kappa shape index (κ3) is 5.51. The first-order chi connectivity index (χ1) is 17.0. The van der Waals surface area contributed by atoms with E-state index >= 15 is 0 Å². The van der Waals surface area contributed by atoms with E-state index in [4.69, 9.17) is 28.2 Å². The summed E-state index contributed by atoms with van der Waals surface area (Å²) in [6.07, 6.45) is 9.19. The first-order valence-corrected chi connectivity index (χ1v) is 13.2. The highest BCUT2D eigenvalue weighted by Crippen LogP contribution is 2.30. The molecular weight excluding hydrogens is 484 g/mol. The highest BCUT2D eigenvalue weighted by Gasteiger charge is 2.34. The van der Waals surface area contributed by atoms with Crippen molar-refractivity contribution in [2.24, 2.45) is 0 Å². The number of nitrogens with zero attached hydrogens (tertiary/aromatic N) is 5. The number of halogens is 3. The van der Waals surface area contributed by atoms with Gasteiger partial charge in [0.1, 0.15) is 11.6 Å². The summed E-state index contributed by atoms with van der Waals surface area (Å²) in [7, 11) is 0. The molecular formula is C27H32Cl2FN5. The van der Waals surface area contributed by atoms with E-state index < -0.39 is 0 Å². The van der Waals surface area contributed by atoms with Crippen molar-refractivity contribution in [2.45, 2.75) is 44.8 Å². The third-order valence-electron chi connectivity index (χ3n) is 7.44.